The van der Waals surface area contributed by atoms with Crippen molar-refractivity contribution >= 4 is 0 Å². The van der Waals surface area contributed by atoms with Gasteiger partial charge in [0.1, 0.15) is 0 Å². The standard InChI is InChI=1S/C5F9O/c6-1(2(7)8)4(11,12)15-5(13,14)3(9)10. The normalized spacial score (nSPS) is 13.2. The van der Waals surface area contributed by atoms with Crippen LogP contribution in [0.25, 0.3) is 0 Å². The molecule has 0 aromatic carbocycles. The Kier molecular flexibility index (Phi) is 4.02. The molecule has 0 aliphatic carbocycles. The van der Waals surface area contributed by atoms with Gasteiger partial charge in [-0.2, -0.15) is 39.5 Å². The molecule has 10 heteroatoms. The maximum absolute atomic E-state index is 12.0. The highest BCUT2D eigenvalue weighted by Crippen LogP contribution is 2.40. The summed E-state index contributed by atoms with van der Waals surface area (Å²) in [7, 11) is 0. The van der Waals surface area contributed by atoms with Gasteiger partial charge in [-0.25, -0.2) is 4.74 Å². The van der Waals surface area contributed by atoms with Gasteiger partial charge in [0.05, 0.1) is 0 Å². The molecule has 0 unspecified atom stereocenters. The zero-order chi connectivity index (χ0) is 12.4. The van der Waals surface area contributed by atoms with Crippen LogP contribution in [-0.2, 0) is 4.74 Å². The first kappa shape index (κ1) is 14.1. The molecule has 0 saturated heterocycles. The third-order valence-corrected chi connectivity index (χ3v) is 0.898. The van der Waals surface area contributed by atoms with E-state index >= 15 is 0 Å². The lowest BCUT2D eigenvalue weighted by Gasteiger charge is -2.20. The zero-order valence-corrected chi connectivity index (χ0v) is 6.31. The van der Waals surface area contributed by atoms with Crippen molar-refractivity contribution in [2.45, 2.75) is 12.2 Å². The fraction of sp³-hybridized carbons (Fsp3) is 0.400. The third-order valence-electron chi connectivity index (χ3n) is 0.898. The Morgan fingerprint density at radius 1 is 0.733 bits per heavy atom. The van der Waals surface area contributed by atoms with Gasteiger partial charge in [0.25, 0.3) is 5.83 Å². The van der Waals surface area contributed by atoms with Crippen LogP contribution in [0.1, 0.15) is 0 Å². The lowest BCUT2D eigenvalue weighted by Crippen LogP contribution is -2.36. The molecule has 1 radical (unpaired) electrons. The molecule has 89 valence electrons. The Labute approximate surface area is 76.1 Å². The van der Waals surface area contributed by atoms with Crippen molar-refractivity contribution < 1.29 is 44.3 Å². The van der Waals surface area contributed by atoms with Gasteiger partial charge in [0.2, 0.25) is 0 Å². The second kappa shape index (κ2) is 4.29. The fourth-order valence-corrected chi connectivity index (χ4v) is 0.354. The minimum Gasteiger partial charge on any atom is -0.244 e. The van der Waals surface area contributed by atoms with Crippen molar-refractivity contribution in [2.24, 2.45) is 0 Å². The molecule has 15 heavy (non-hydrogen) atoms. The van der Waals surface area contributed by atoms with Crippen molar-refractivity contribution in [3.05, 3.63) is 18.3 Å². The number of ether oxygens (including phenoxy) is 1. The zero-order valence-electron chi connectivity index (χ0n) is 6.31. The van der Waals surface area contributed by atoms with Gasteiger partial charge in [-0.15, -0.1) is 0 Å². The summed E-state index contributed by atoms with van der Waals surface area (Å²) in [6.07, 6.45) is -19.2. The summed E-state index contributed by atoms with van der Waals surface area (Å²) in [6, 6.07) is 0. The topological polar surface area (TPSA) is 9.23 Å². The van der Waals surface area contributed by atoms with E-state index in [0.717, 1.165) is 0 Å². The Bertz CT molecular complexity index is 253. The van der Waals surface area contributed by atoms with Crippen molar-refractivity contribution in [3.8, 4) is 0 Å². The summed E-state index contributed by atoms with van der Waals surface area (Å²) in [5.41, 5.74) is 0. The van der Waals surface area contributed by atoms with Crippen LogP contribution in [0.4, 0.5) is 39.5 Å². The molecule has 0 amide bonds. The molecule has 0 aromatic heterocycles. The molecule has 0 aliphatic heterocycles. The van der Waals surface area contributed by atoms with Crippen LogP contribution in [0.5, 0.6) is 0 Å². The first-order valence-corrected chi connectivity index (χ1v) is 2.86. The SMILES string of the molecule is F[C](F)C(F)(F)OC(F)(F)C(F)=C(F)F. The molecule has 0 rings (SSSR count). The van der Waals surface area contributed by atoms with Gasteiger partial charge in [-0.3, -0.25) is 0 Å². The minimum absolute atomic E-state index is 1.94. The number of hydrogen-bond donors (Lipinski definition) is 0. The predicted molar refractivity (Wildman–Crippen MR) is 26.8 cm³/mol. The lowest BCUT2D eigenvalue weighted by atomic mass is 10.5. The maximum Gasteiger partial charge on any atom is 0.430 e. The van der Waals surface area contributed by atoms with E-state index in [4.69, 9.17) is 0 Å². The van der Waals surface area contributed by atoms with Crippen molar-refractivity contribution in [3.63, 3.8) is 0 Å². The van der Waals surface area contributed by atoms with E-state index in [1.807, 2.05) is 4.74 Å². The molecule has 0 aliphatic rings. The van der Waals surface area contributed by atoms with Gasteiger partial charge >= 0.3 is 24.7 Å². The molecule has 0 fully saturated rings. The van der Waals surface area contributed by atoms with E-state index in [0.29, 0.717) is 0 Å². The van der Waals surface area contributed by atoms with Crippen molar-refractivity contribution in [2.75, 3.05) is 0 Å². The van der Waals surface area contributed by atoms with E-state index in [9.17, 15) is 39.5 Å². The highest BCUT2D eigenvalue weighted by atomic mass is 19.3. The van der Waals surface area contributed by atoms with Gasteiger partial charge in [-0.1, -0.05) is 0 Å². The molecular weight excluding hydrogens is 247 g/mol. The molecule has 0 heterocycles. The Hall–Kier alpha value is -0.930. The summed E-state index contributed by atoms with van der Waals surface area (Å²) in [5.74, 6) is -3.66. The highest BCUT2D eigenvalue weighted by molar-refractivity contribution is 5.00. The molecular formula is C5F9O. The Balaban J connectivity index is 4.88. The second-order valence-electron chi connectivity index (χ2n) is 1.97. The average Bonchev–Trinajstić information content (AvgIpc) is 2.00. The summed E-state index contributed by atoms with van der Waals surface area (Å²) in [4.78, 5) is 0. The molecule has 0 atom stereocenters. The molecule has 0 spiro atoms. The highest BCUT2D eigenvalue weighted by Gasteiger charge is 2.56. The smallest absolute Gasteiger partial charge is 0.244 e. The minimum atomic E-state index is -5.84. The van der Waals surface area contributed by atoms with Crippen LogP contribution in [-0.4, -0.2) is 12.2 Å². The van der Waals surface area contributed by atoms with E-state index in [2.05, 4.69) is 0 Å². The summed E-state index contributed by atoms with van der Waals surface area (Å²) < 4.78 is 106. The summed E-state index contributed by atoms with van der Waals surface area (Å²) in [6.45, 7) is 0. The number of rotatable bonds is 4. The van der Waals surface area contributed by atoms with Crippen LogP contribution >= 0.6 is 0 Å². The monoisotopic (exact) mass is 247 g/mol. The van der Waals surface area contributed by atoms with Crippen molar-refractivity contribution in [1.82, 2.24) is 0 Å². The molecule has 0 saturated carbocycles. The molecule has 0 aromatic rings. The van der Waals surface area contributed by atoms with Gasteiger partial charge in [-0.05, 0) is 0 Å². The van der Waals surface area contributed by atoms with Crippen LogP contribution in [0.2, 0.25) is 0 Å². The van der Waals surface area contributed by atoms with E-state index in [1.54, 1.807) is 0 Å². The number of halogens is 9. The van der Waals surface area contributed by atoms with Crippen molar-refractivity contribution in [1.29, 1.82) is 0 Å². The Morgan fingerprint density at radius 3 is 1.40 bits per heavy atom. The van der Waals surface area contributed by atoms with Gasteiger partial charge in [0.15, 0.2) is 0 Å². The first-order valence-electron chi connectivity index (χ1n) is 2.86. The van der Waals surface area contributed by atoms with E-state index in [1.165, 1.54) is 0 Å². The van der Waals surface area contributed by atoms with Crippen LogP contribution in [0.15, 0.2) is 11.9 Å². The van der Waals surface area contributed by atoms with Crippen LogP contribution < -0.4 is 0 Å². The third kappa shape index (κ3) is 3.61. The van der Waals surface area contributed by atoms with E-state index in [-0.39, 0.29) is 0 Å². The lowest BCUT2D eigenvalue weighted by molar-refractivity contribution is -0.373. The van der Waals surface area contributed by atoms with Gasteiger partial charge < -0.3 is 0 Å². The summed E-state index contributed by atoms with van der Waals surface area (Å²) >= 11 is 0. The number of hydrogen-bond acceptors (Lipinski definition) is 1. The molecule has 0 N–H and O–H groups in total. The quantitative estimate of drug-likeness (QED) is 0.688. The average molecular weight is 247 g/mol. The largest absolute Gasteiger partial charge is 0.430 e. The van der Waals surface area contributed by atoms with Crippen LogP contribution in [0, 0.1) is 6.43 Å². The van der Waals surface area contributed by atoms with Gasteiger partial charge in [0, 0.05) is 0 Å². The molecule has 1 nitrogen and oxygen atoms in total. The molecule has 0 bridgehead atoms. The fourth-order valence-electron chi connectivity index (χ4n) is 0.354. The Morgan fingerprint density at radius 2 is 1.13 bits per heavy atom. The summed E-state index contributed by atoms with van der Waals surface area (Å²) in [5, 5.41) is 0. The first-order chi connectivity index (χ1) is 6.50. The predicted octanol–water partition coefficient (Wildman–Crippen LogP) is 3.69. The van der Waals surface area contributed by atoms with E-state index < -0.39 is 30.6 Å². The maximum atomic E-state index is 12.0. The second-order valence-corrected chi connectivity index (χ2v) is 1.97. The van der Waals surface area contributed by atoms with Crippen LogP contribution in [0.3, 0.4) is 0 Å². The number of alkyl halides is 4.